The highest BCUT2D eigenvalue weighted by atomic mass is 32.2. The van der Waals surface area contributed by atoms with Gasteiger partial charge in [-0.2, -0.15) is 0 Å². The van der Waals surface area contributed by atoms with E-state index in [0.717, 1.165) is 37.3 Å². The van der Waals surface area contributed by atoms with Crippen LogP contribution in [-0.2, 0) is 26.8 Å². The zero-order valence-corrected chi connectivity index (χ0v) is 17.7. The first kappa shape index (κ1) is 20.9. The molecule has 0 unspecified atom stereocenters. The summed E-state index contributed by atoms with van der Waals surface area (Å²) in [5, 5.41) is 6.19. The molecule has 3 heterocycles. The minimum Gasteiger partial charge on any atom is -0.444 e. The highest BCUT2D eigenvalue weighted by Crippen LogP contribution is 2.25. The lowest BCUT2D eigenvalue weighted by atomic mass is 9.94. The quantitative estimate of drug-likeness (QED) is 0.642. The van der Waals surface area contributed by atoms with Gasteiger partial charge in [-0.1, -0.05) is 32.1 Å². The topological polar surface area (TPSA) is 126 Å². The average molecular weight is 428 g/mol. The van der Waals surface area contributed by atoms with Crippen LogP contribution in [0.25, 0.3) is 0 Å². The van der Waals surface area contributed by atoms with Crippen molar-refractivity contribution in [2.75, 3.05) is 18.4 Å². The number of piperidine rings is 1. The third kappa shape index (κ3) is 5.16. The second kappa shape index (κ2) is 8.27. The molecule has 11 heteroatoms. The van der Waals surface area contributed by atoms with Crippen molar-refractivity contribution in [3.05, 3.63) is 24.0 Å². The summed E-state index contributed by atoms with van der Waals surface area (Å²) in [6.45, 7) is 7.50. The number of oxazole rings is 1. The number of hydrogen-bond acceptors (Lipinski definition) is 8. The molecule has 9 nitrogen and oxygen atoms in total. The number of thiazole rings is 1. The Labute approximate surface area is 168 Å². The third-order valence-corrected chi connectivity index (χ3v) is 7.17. The summed E-state index contributed by atoms with van der Waals surface area (Å²) in [7, 11) is -3.78. The van der Waals surface area contributed by atoms with Crippen molar-refractivity contribution in [3.63, 3.8) is 0 Å². The van der Waals surface area contributed by atoms with Crippen molar-refractivity contribution in [1.29, 1.82) is 0 Å². The van der Waals surface area contributed by atoms with E-state index in [9.17, 15) is 13.2 Å². The molecule has 154 valence electrons. The monoisotopic (exact) mass is 427 g/mol. The van der Waals surface area contributed by atoms with Crippen LogP contribution in [0.15, 0.2) is 21.0 Å². The molecule has 0 atom stereocenters. The predicted octanol–water partition coefficient (Wildman–Crippen LogP) is 1.85. The van der Waals surface area contributed by atoms with E-state index in [1.54, 1.807) is 6.20 Å². The molecule has 1 saturated heterocycles. The number of nitrogens with zero attached hydrogens (tertiary/aromatic N) is 2. The Hall–Kier alpha value is -1.82. The molecule has 1 aliphatic heterocycles. The minimum atomic E-state index is -3.78. The number of carbonyl (C=O) groups is 1. The van der Waals surface area contributed by atoms with Gasteiger partial charge in [0.2, 0.25) is 11.8 Å². The van der Waals surface area contributed by atoms with Gasteiger partial charge in [-0.25, -0.2) is 23.1 Å². The normalized spacial score (nSPS) is 16.2. The maximum atomic E-state index is 12.5. The van der Waals surface area contributed by atoms with Crippen molar-refractivity contribution < 1.29 is 17.6 Å². The van der Waals surface area contributed by atoms with Gasteiger partial charge in [0.1, 0.15) is 5.76 Å². The summed E-state index contributed by atoms with van der Waals surface area (Å²) in [6.07, 6.45) is 4.36. The van der Waals surface area contributed by atoms with Crippen molar-refractivity contribution >= 4 is 32.4 Å². The number of rotatable bonds is 6. The Morgan fingerprint density at radius 2 is 2.00 bits per heavy atom. The van der Waals surface area contributed by atoms with Gasteiger partial charge >= 0.3 is 0 Å². The highest BCUT2D eigenvalue weighted by molar-refractivity contribution is 7.91. The molecular weight excluding hydrogens is 402 g/mol. The van der Waals surface area contributed by atoms with Gasteiger partial charge in [-0.15, -0.1) is 0 Å². The second-order valence-corrected chi connectivity index (χ2v) is 10.7. The standard InChI is InChI=1S/C17H25N5O4S2/c1-17(2,3)12-8-19-13(26-12)9-21-28(24,25)14-10-20-16(27-14)22-15(23)11-4-6-18-7-5-11/h8,10-11,18,21H,4-7,9H2,1-3H3,(H,20,22,23). The molecule has 0 spiro atoms. The van der Waals surface area contributed by atoms with Crippen molar-refractivity contribution in [2.24, 2.45) is 5.92 Å². The van der Waals surface area contributed by atoms with Gasteiger partial charge in [-0.05, 0) is 25.9 Å². The molecule has 2 aromatic rings. The van der Waals surface area contributed by atoms with Crippen molar-refractivity contribution in [2.45, 2.75) is 49.8 Å². The summed E-state index contributed by atoms with van der Waals surface area (Å²) < 4.78 is 33.0. The van der Waals surface area contributed by atoms with Crippen molar-refractivity contribution in [3.8, 4) is 0 Å². The summed E-state index contributed by atoms with van der Waals surface area (Å²) in [6, 6.07) is 0. The molecule has 28 heavy (non-hydrogen) atoms. The lowest BCUT2D eigenvalue weighted by Gasteiger charge is -2.20. The number of sulfonamides is 1. The molecular formula is C17H25N5O4S2. The van der Waals surface area contributed by atoms with Gasteiger partial charge in [0.15, 0.2) is 9.34 Å². The highest BCUT2D eigenvalue weighted by Gasteiger charge is 2.24. The van der Waals surface area contributed by atoms with Crippen LogP contribution in [0.2, 0.25) is 0 Å². The first-order valence-corrected chi connectivity index (χ1v) is 11.4. The van der Waals surface area contributed by atoms with E-state index in [1.165, 1.54) is 6.20 Å². The van der Waals surface area contributed by atoms with Gasteiger partial charge < -0.3 is 15.1 Å². The molecule has 3 rings (SSSR count). The van der Waals surface area contributed by atoms with Gasteiger partial charge in [0.05, 0.1) is 18.9 Å². The zero-order valence-electron chi connectivity index (χ0n) is 16.1. The Bertz CT molecular complexity index is 923. The molecule has 0 saturated carbocycles. The van der Waals surface area contributed by atoms with Gasteiger partial charge in [0.25, 0.3) is 10.0 Å². The molecule has 1 aliphatic rings. The number of aromatic nitrogens is 2. The molecule has 1 fully saturated rings. The maximum absolute atomic E-state index is 12.5. The molecule has 0 aliphatic carbocycles. The van der Waals surface area contributed by atoms with E-state index in [-0.39, 0.29) is 39.0 Å². The average Bonchev–Trinajstić information content (AvgIpc) is 3.30. The lowest BCUT2D eigenvalue weighted by Crippen LogP contribution is -2.34. The smallest absolute Gasteiger partial charge is 0.252 e. The van der Waals surface area contributed by atoms with Crippen molar-refractivity contribution in [1.82, 2.24) is 20.0 Å². The fourth-order valence-corrected chi connectivity index (χ4v) is 4.75. The maximum Gasteiger partial charge on any atom is 0.252 e. The van der Waals surface area contributed by atoms with Crippen LogP contribution in [0.5, 0.6) is 0 Å². The Kier molecular flexibility index (Phi) is 6.18. The summed E-state index contributed by atoms with van der Waals surface area (Å²) >= 11 is 0.917. The molecule has 1 amide bonds. The first-order chi connectivity index (χ1) is 13.1. The Morgan fingerprint density at radius 1 is 1.29 bits per heavy atom. The van der Waals surface area contributed by atoms with E-state index >= 15 is 0 Å². The largest absolute Gasteiger partial charge is 0.444 e. The van der Waals surface area contributed by atoms with Crippen LogP contribution < -0.4 is 15.4 Å². The molecule has 0 radical (unpaired) electrons. The fraction of sp³-hybridized carbons (Fsp3) is 0.588. The SMILES string of the molecule is CC(C)(C)c1cnc(CNS(=O)(=O)c2cnc(NC(=O)C3CCNCC3)s2)o1. The van der Waals surface area contributed by atoms with Crippen LogP contribution in [0.3, 0.4) is 0 Å². The van der Waals surface area contributed by atoms with E-state index in [1.807, 2.05) is 20.8 Å². The number of carbonyl (C=O) groups excluding carboxylic acids is 1. The zero-order chi connectivity index (χ0) is 20.4. The van der Waals surface area contributed by atoms with Crippen LogP contribution in [0.1, 0.15) is 45.3 Å². The van der Waals surface area contributed by atoms with E-state index in [4.69, 9.17) is 4.42 Å². The molecule has 3 N–H and O–H groups in total. The number of amides is 1. The number of nitrogens with one attached hydrogen (secondary N) is 3. The second-order valence-electron chi connectivity index (χ2n) is 7.69. The van der Waals surface area contributed by atoms with Gasteiger partial charge in [-0.3, -0.25) is 4.79 Å². The molecule has 0 bridgehead atoms. The summed E-state index contributed by atoms with van der Waals surface area (Å²) in [5.41, 5.74) is -0.205. The lowest BCUT2D eigenvalue weighted by molar-refractivity contribution is -0.120. The molecule has 0 aromatic carbocycles. The van der Waals surface area contributed by atoms with Crippen LogP contribution in [0, 0.1) is 5.92 Å². The van der Waals surface area contributed by atoms with E-state index < -0.39 is 10.0 Å². The number of anilines is 1. The third-order valence-electron chi connectivity index (χ3n) is 4.40. The van der Waals surface area contributed by atoms with E-state index in [0.29, 0.717) is 5.76 Å². The fourth-order valence-electron chi connectivity index (χ4n) is 2.70. The van der Waals surface area contributed by atoms with Crippen LogP contribution in [-0.4, -0.2) is 37.4 Å². The van der Waals surface area contributed by atoms with Gasteiger partial charge in [0, 0.05) is 11.3 Å². The van der Waals surface area contributed by atoms with Crippen LogP contribution in [0.4, 0.5) is 5.13 Å². The molecule has 2 aromatic heterocycles. The summed E-state index contributed by atoms with van der Waals surface area (Å²) in [5.74, 6) is 0.771. The Balaban J connectivity index is 1.59. The first-order valence-electron chi connectivity index (χ1n) is 9.07. The minimum absolute atomic E-state index is 0.0238. The predicted molar refractivity (Wildman–Crippen MR) is 106 cm³/mol. The van der Waals surface area contributed by atoms with Crippen LogP contribution >= 0.6 is 11.3 Å². The summed E-state index contributed by atoms with van der Waals surface area (Å²) in [4.78, 5) is 20.4. The Morgan fingerprint density at radius 3 is 2.64 bits per heavy atom. The number of hydrogen-bond donors (Lipinski definition) is 3. The van der Waals surface area contributed by atoms with E-state index in [2.05, 4.69) is 25.3 Å².